The molecule has 0 atom stereocenters. The molecule has 1 aromatic rings. The third kappa shape index (κ3) is 4.24. The summed E-state index contributed by atoms with van der Waals surface area (Å²) in [6, 6.07) is 2.99. The van der Waals surface area contributed by atoms with E-state index >= 15 is 0 Å². The Morgan fingerprint density at radius 2 is 2.40 bits per heavy atom. The number of halogens is 1. The largest absolute Gasteiger partial charge is 0.505 e. The Bertz CT molecular complexity index is 437. The molecule has 15 heavy (non-hydrogen) atoms. The fourth-order valence-corrected chi connectivity index (χ4v) is 1.26. The van der Waals surface area contributed by atoms with Gasteiger partial charge in [0, 0.05) is 6.92 Å². The third-order valence-corrected chi connectivity index (χ3v) is 2.37. The topological polar surface area (TPSA) is 50.2 Å². The lowest BCUT2D eigenvalue weighted by atomic mass is 10.3. The van der Waals surface area contributed by atoms with Crippen LogP contribution in [0.5, 0.6) is 5.75 Å². The van der Waals surface area contributed by atoms with Crippen molar-refractivity contribution in [1.82, 2.24) is 4.98 Å². The van der Waals surface area contributed by atoms with Crippen LogP contribution >= 0.6 is 23.4 Å². The second kappa shape index (κ2) is 5.64. The van der Waals surface area contributed by atoms with E-state index < -0.39 is 0 Å². The third-order valence-electron chi connectivity index (χ3n) is 1.39. The molecule has 1 rings (SSSR count). The van der Waals surface area contributed by atoms with Gasteiger partial charge in [0.25, 0.3) is 0 Å². The molecule has 78 valence electrons. The molecule has 0 spiro atoms. The summed E-state index contributed by atoms with van der Waals surface area (Å²) in [6.45, 7) is 1.49. The van der Waals surface area contributed by atoms with E-state index in [1.165, 1.54) is 13.0 Å². The number of nitrogens with zero attached hydrogens (tertiary/aromatic N) is 1. The van der Waals surface area contributed by atoms with E-state index in [9.17, 15) is 4.79 Å². The summed E-state index contributed by atoms with van der Waals surface area (Å²) in [5, 5.41) is 9.15. The Labute approximate surface area is 96.9 Å². The highest BCUT2D eigenvalue weighted by Gasteiger charge is 1.98. The van der Waals surface area contributed by atoms with Gasteiger partial charge in [-0.05, 0) is 18.1 Å². The maximum Gasteiger partial charge on any atom is 0.186 e. The molecule has 0 radical (unpaired) electrons. The summed E-state index contributed by atoms with van der Waals surface area (Å²) >= 11 is 6.72. The van der Waals surface area contributed by atoms with E-state index in [1.807, 2.05) is 0 Å². The van der Waals surface area contributed by atoms with Crippen LogP contribution in [0.4, 0.5) is 0 Å². The Morgan fingerprint density at radius 1 is 1.67 bits per heavy atom. The minimum atomic E-state index is -0.0691. The van der Waals surface area contributed by atoms with Crippen LogP contribution in [0.2, 0.25) is 5.15 Å². The number of aromatic hydroxyl groups is 1. The van der Waals surface area contributed by atoms with Crippen molar-refractivity contribution in [3.05, 3.63) is 23.0 Å². The van der Waals surface area contributed by atoms with Crippen LogP contribution < -0.4 is 0 Å². The van der Waals surface area contributed by atoms with Crippen molar-refractivity contribution in [2.45, 2.75) is 6.92 Å². The maximum absolute atomic E-state index is 10.6. The fourth-order valence-electron chi connectivity index (χ4n) is 0.761. The van der Waals surface area contributed by atoms with Crippen molar-refractivity contribution >= 4 is 28.5 Å². The van der Waals surface area contributed by atoms with Crippen LogP contribution in [0, 0.1) is 11.8 Å². The monoisotopic (exact) mass is 241 g/mol. The van der Waals surface area contributed by atoms with Gasteiger partial charge in [-0.3, -0.25) is 4.79 Å². The first-order valence-corrected chi connectivity index (χ1v) is 5.43. The predicted molar refractivity (Wildman–Crippen MR) is 60.9 cm³/mol. The summed E-state index contributed by atoms with van der Waals surface area (Å²) in [5.74, 6) is 5.86. The fraction of sp³-hybridized carbons (Fsp3) is 0.200. The number of hydrogen-bond donors (Lipinski definition) is 1. The molecular weight excluding hydrogens is 234 g/mol. The molecule has 0 saturated heterocycles. The van der Waals surface area contributed by atoms with Crippen molar-refractivity contribution in [3.8, 4) is 17.6 Å². The summed E-state index contributed by atoms with van der Waals surface area (Å²) in [7, 11) is 0. The lowest BCUT2D eigenvalue weighted by Gasteiger charge is -1.94. The Morgan fingerprint density at radius 3 is 3.00 bits per heavy atom. The molecule has 5 heteroatoms. The lowest BCUT2D eigenvalue weighted by molar-refractivity contribution is -0.109. The lowest BCUT2D eigenvalue weighted by Crippen LogP contribution is -1.85. The number of carbonyl (C=O) groups is 1. The maximum atomic E-state index is 10.6. The smallest absolute Gasteiger partial charge is 0.186 e. The number of hydrogen-bond acceptors (Lipinski definition) is 4. The zero-order chi connectivity index (χ0) is 11.3. The van der Waals surface area contributed by atoms with Gasteiger partial charge < -0.3 is 5.11 Å². The number of carbonyl (C=O) groups excluding carboxylic acids is 1. The summed E-state index contributed by atoms with van der Waals surface area (Å²) < 4.78 is 0. The number of aromatic nitrogens is 1. The van der Waals surface area contributed by atoms with Crippen LogP contribution in [0.3, 0.4) is 0 Å². The molecule has 1 aromatic heterocycles. The first kappa shape index (κ1) is 11.9. The first-order valence-electron chi connectivity index (χ1n) is 4.07. The van der Waals surface area contributed by atoms with Gasteiger partial charge in [0.15, 0.2) is 16.0 Å². The molecule has 0 aliphatic rings. The quantitative estimate of drug-likeness (QED) is 0.604. The van der Waals surface area contributed by atoms with E-state index in [2.05, 4.69) is 16.8 Å². The number of pyridine rings is 1. The highest BCUT2D eigenvalue weighted by atomic mass is 35.5. The zero-order valence-corrected chi connectivity index (χ0v) is 9.52. The summed E-state index contributed by atoms with van der Waals surface area (Å²) in [6.07, 6.45) is 0. The van der Waals surface area contributed by atoms with Gasteiger partial charge in [0.1, 0.15) is 5.69 Å². The van der Waals surface area contributed by atoms with Crippen molar-refractivity contribution < 1.29 is 9.90 Å². The molecule has 0 fully saturated rings. The average molecular weight is 242 g/mol. The first-order chi connectivity index (χ1) is 7.09. The van der Waals surface area contributed by atoms with Crippen LogP contribution in [-0.4, -0.2) is 21.0 Å². The van der Waals surface area contributed by atoms with E-state index in [4.69, 9.17) is 16.7 Å². The number of rotatable bonds is 1. The molecule has 0 aliphatic carbocycles. The van der Waals surface area contributed by atoms with Crippen LogP contribution in [-0.2, 0) is 4.79 Å². The van der Waals surface area contributed by atoms with Crippen molar-refractivity contribution in [2.75, 3.05) is 5.75 Å². The van der Waals surface area contributed by atoms with Gasteiger partial charge in [-0.15, -0.1) is 0 Å². The van der Waals surface area contributed by atoms with Gasteiger partial charge in [0.05, 0.1) is 5.75 Å². The van der Waals surface area contributed by atoms with Gasteiger partial charge in [-0.2, -0.15) is 0 Å². The molecule has 0 amide bonds. The predicted octanol–water partition coefficient (Wildman–Crippen LogP) is 2.07. The molecule has 1 N–H and O–H groups in total. The van der Waals surface area contributed by atoms with E-state index in [-0.39, 0.29) is 16.0 Å². The molecular formula is C10H8ClNO2S. The zero-order valence-electron chi connectivity index (χ0n) is 7.95. The molecule has 1 heterocycles. The van der Waals surface area contributed by atoms with Gasteiger partial charge in [-0.1, -0.05) is 29.3 Å². The van der Waals surface area contributed by atoms with E-state index in [0.29, 0.717) is 11.4 Å². The minimum absolute atomic E-state index is 0.0287. The highest BCUT2D eigenvalue weighted by Crippen LogP contribution is 2.19. The van der Waals surface area contributed by atoms with E-state index in [1.54, 1.807) is 6.07 Å². The van der Waals surface area contributed by atoms with Gasteiger partial charge >= 0.3 is 0 Å². The minimum Gasteiger partial charge on any atom is -0.505 e. The average Bonchev–Trinajstić information content (AvgIpc) is 2.18. The van der Waals surface area contributed by atoms with Crippen molar-refractivity contribution in [2.24, 2.45) is 0 Å². The van der Waals surface area contributed by atoms with Crippen LogP contribution in [0.1, 0.15) is 12.6 Å². The van der Waals surface area contributed by atoms with Crippen molar-refractivity contribution in [1.29, 1.82) is 0 Å². The van der Waals surface area contributed by atoms with Gasteiger partial charge in [-0.25, -0.2) is 4.98 Å². The normalized spacial score (nSPS) is 9.20. The SMILES string of the molecule is CC(=O)SCC#Cc1ccc(O)c(Cl)n1. The molecule has 0 aliphatic heterocycles. The Hall–Kier alpha value is -1.18. The second-order valence-electron chi connectivity index (χ2n) is 2.59. The molecule has 3 nitrogen and oxygen atoms in total. The molecule has 0 aromatic carbocycles. The highest BCUT2D eigenvalue weighted by molar-refractivity contribution is 8.13. The summed E-state index contributed by atoms with van der Waals surface area (Å²) in [5.41, 5.74) is 0.474. The Balaban J connectivity index is 2.64. The Kier molecular flexibility index (Phi) is 4.47. The van der Waals surface area contributed by atoms with Crippen molar-refractivity contribution in [3.63, 3.8) is 0 Å². The standard InChI is InChI=1S/C10H8ClNO2S/c1-7(13)15-6-2-3-8-4-5-9(14)10(11)12-8/h4-5,14H,6H2,1H3. The van der Waals surface area contributed by atoms with Crippen LogP contribution in [0.15, 0.2) is 12.1 Å². The molecule has 0 saturated carbocycles. The molecule has 0 unspecified atom stereocenters. The molecule has 0 bridgehead atoms. The number of thioether (sulfide) groups is 1. The van der Waals surface area contributed by atoms with Crippen LogP contribution in [0.25, 0.3) is 0 Å². The van der Waals surface area contributed by atoms with Gasteiger partial charge in [0.2, 0.25) is 0 Å². The second-order valence-corrected chi connectivity index (χ2v) is 4.10. The summed E-state index contributed by atoms with van der Waals surface area (Å²) in [4.78, 5) is 14.4. The van der Waals surface area contributed by atoms with E-state index in [0.717, 1.165) is 11.8 Å².